The van der Waals surface area contributed by atoms with Crippen LogP contribution in [-0.2, 0) is 16.8 Å². The first kappa shape index (κ1) is 20.8. The molecule has 4 aromatic rings. The molecule has 0 unspecified atom stereocenters. The van der Waals surface area contributed by atoms with Gasteiger partial charge in [-0.3, -0.25) is 9.36 Å². The fraction of sp³-hybridized carbons (Fsp3) is 0.208. The second kappa shape index (κ2) is 8.00. The summed E-state index contributed by atoms with van der Waals surface area (Å²) in [6.45, 7) is 3.04. The molecule has 0 amide bonds. The number of ether oxygens (including phenoxy) is 1. The molecule has 0 atom stereocenters. The van der Waals surface area contributed by atoms with E-state index in [1.165, 1.54) is 29.8 Å². The molecule has 0 radical (unpaired) electrons. The number of para-hydroxylation sites is 1. The van der Waals surface area contributed by atoms with Crippen molar-refractivity contribution in [2.75, 3.05) is 7.11 Å². The molecule has 31 heavy (non-hydrogen) atoms. The Kier molecular flexibility index (Phi) is 5.37. The second-order valence-electron chi connectivity index (χ2n) is 7.72. The topological polar surface area (TPSA) is 81.4 Å². The molecular weight excluding hydrogens is 412 g/mol. The summed E-state index contributed by atoms with van der Waals surface area (Å²) in [6, 6.07) is 17.0. The molecule has 0 saturated carbocycles. The molecule has 0 fully saturated rings. The summed E-state index contributed by atoms with van der Waals surface area (Å²) in [4.78, 5) is 31.2. The highest BCUT2D eigenvalue weighted by molar-refractivity contribution is 7.17. The van der Waals surface area contributed by atoms with E-state index in [0.717, 1.165) is 16.7 Å². The fourth-order valence-corrected chi connectivity index (χ4v) is 4.63. The molecule has 1 N–H and O–H groups in total. The Morgan fingerprint density at radius 2 is 1.81 bits per heavy atom. The second-order valence-corrected chi connectivity index (χ2v) is 8.58. The molecule has 0 aliphatic heterocycles. The first-order valence-electron chi connectivity index (χ1n) is 9.79. The average Bonchev–Trinajstić information content (AvgIpc) is 3.19. The molecule has 0 spiro atoms. The molecule has 2 aromatic heterocycles. The molecule has 158 valence electrons. The van der Waals surface area contributed by atoms with E-state index in [-0.39, 0.29) is 12.0 Å². The van der Waals surface area contributed by atoms with Gasteiger partial charge in [0, 0.05) is 22.9 Å². The Balaban J connectivity index is 2.00. The highest BCUT2D eigenvalue weighted by atomic mass is 32.1. The molecule has 2 aromatic carbocycles. The van der Waals surface area contributed by atoms with Gasteiger partial charge in [0.15, 0.2) is 0 Å². The van der Waals surface area contributed by atoms with Gasteiger partial charge in [0.1, 0.15) is 21.9 Å². The van der Waals surface area contributed by atoms with Crippen LogP contribution < -0.4 is 10.3 Å². The molecule has 0 saturated heterocycles. The van der Waals surface area contributed by atoms with Crippen molar-refractivity contribution in [2.45, 2.75) is 25.8 Å². The maximum atomic E-state index is 13.7. The third-order valence-corrected chi connectivity index (χ3v) is 6.26. The minimum Gasteiger partial charge on any atom is -0.496 e. The van der Waals surface area contributed by atoms with Crippen molar-refractivity contribution in [1.29, 1.82) is 0 Å². The van der Waals surface area contributed by atoms with Gasteiger partial charge in [-0.1, -0.05) is 48.5 Å². The maximum absolute atomic E-state index is 13.7. The van der Waals surface area contributed by atoms with Crippen LogP contribution in [0.25, 0.3) is 21.3 Å². The van der Waals surface area contributed by atoms with Gasteiger partial charge in [0.2, 0.25) is 0 Å². The number of aliphatic carboxylic acids is 1. The lowest BCUT2D eigenvalue weighted by Crippen LogP contribution is -2.45. The molecule has 6 nitrogen and oxygen atoms in total. The van der Waals surface area contributed by atoms with Crippen molar-refractivity contribution in [3.8, 4) is 16.9 Å². The zero-order valence-corrected chi connectivity index (χ0v) is 18.3. The van der Waals surface area contributed by atoms with E-state index in [1.54, 1.807) is 7.11 Å². The van der Waals surface area contributed by atoms with E-state index in [0.29, 0.717) is 21.8 Å². The summed E-state index contributed by atoms with van der Waals surface area (Å²) in [5, 5.41) is 12.3. The summed E-state index contributed by atoms with van der Waals surface area (Å²) < 4.78 is 6.75. The smallest absolute Gasteiger partial charge is 0.329 e. The van der Waals surface area contributed by atoms with E-state index in [4.69, 9.17) is 9.72 Å². The lowest BCUT2D eigenvalue weighted by molar-refractivity contribution is -0.146. The number of carboxylic acids is 1. The van der Waals surface area contributed by atoms with Gasteiger partial charge in [0.25, 0.3) is 5.56 Å². The average molecular weight is 435 g/mol. The number of hydrogen-bond donors (Lipinski definition) is 1. The number of carbonyl (C=O) groups is 1. The Labute approximate surface area is 183 Å². The van der Waals surface area contributed by atoms with Crippen LogP contribution in [0.4, 0.5) is 0 Å². The number of fused-ring (bicyclic) bond motifs is 1. The van der Waals surface area contributed by atoms with E-state index >= 15 is 0 Å². The molecular formula is C24H22N2O4S. The van der Waals surface area contributed by atoms with E-state index < -0.39 is 11.5 Å². The lowest BCUT2D eigenvalue weighted by Gasteiger charge is -2.26. The van der Waals surface area contributed by atoms with Gasteiger partial charge in [-0.05, 0) is 25.5 Å². The number of methoxy groups -OCH3 is 1. The van der Waals surface area contributed by atoms with Crippen LogP contribution in [0.15, 0.2) is 64.8 Å². The highest BCUT2D eigenvalue weighted by Gasteiger charge is 2.34. The predicted octanol–water partition coefficient (Wildman–Crippen LogP) is 4.54. The predicted molar refractivity (Wildman–Crippen MR) is 122 cm³/mol. The first-order valence-corrected chi connectivity index (χ1v) is 10.7. The highest BCUT2D eigenvalue weighted by Crippen LogP contribution is 2.32. The first-order chi connectivity index (χ1) is 14.8. The number of nitrogens with zero attached hydrogens (tertiary/aromatic N) is 2. The van der Waals surface area contributed by atoms with Crippen molar-refractivity contribution < 1.29 is 14.6 Å². The minimum absolute atomic E-state index is 0.268. The molecule has 0 bridgehead atoms. The van der Waals surface area contributed by atoms with Crippen LogP contribution in [0.3, 0.4) is 0 Å². The summed E-state index contributed by atoms with van der Waals surface area (Å²) in [5.41, 5.74) is 0.640. The van der Waals surface area contributed by atoms with Crippen molar-refractivity contribution >= 4 is 27.5 Å². The molecule has 0 aliphatic carbocycles. The number of rotatable bonds is 6. The summed E-state index contributed by atoms with van der Waals surface area (Å²) in [5.74, 6) is -0.0583. The Morgan fingerprint density at radius 1 is 1.13 bits per heavy atom. The van der Waals surface area contributed by atoms with Gasteiger partial charge >= 0.3 is 5.97 Å². The number of hydrogen-bond acceptors (Lipinski definition) is 5. The van der Waals surface area contributed by atoms with Crippen molar-refractivity contribution in [1.82, 2.24) is 9.55 Å². The maximum Gasteiger partial charge on any atom is 0.329 e. The van der Waals surface area contributed by atoms with Crippen LogP contribution in [0.2, 0.25) is 0 Å². The van der Waals surface area contributed by atoms with Crippen molar-refractivity contribution in [2.24, 2.45) is 0 Å². The normalized spacial score (nSPS) is 11.6. The van der Waals surface area contributed by atoms with Crippen LogP contribution in [0.1, 0.15) is 25.2 Å². The quantitative estimate of drug-likeness (QED) is 0.482. The third-order valence-electron chi connectivity index (χ3n) is 5.39. The van der Waals surface area contributed by atoms with Crippen molar-refractivity contribution in [3.05, 3.63) is 81.7 Å². The third kappa shape index (κ3) is 3.61. The number of benzene rings is 2. The van der Waals surface area contributed by atoms with E-state index in [2.05, 4.69) is 0 Å². The SMILES string of the molecule is COc1ccccc1Cc1nc2scc(-c3ccccc3)c2c(=O)n1C(C)(C)C(=O)O. The molecule has 4 rings (SSSR count). The minimum atomic E-state index is -1.48. The van der Waals surface area contributed by atoms with Gasteiger partial charge < -0.3 is 9.84 Å². The van der Waals surface area contributed by atoms with Gasteiger partial charge in [-0.2, -0.15) is 0 Å². The monoisotopic (exact) mass is 434 g/mol. The molecule has 0 aliphatic rings. The van der Waals surface area contributed by atoms with Crippen LogP contribution in [0, 0.1) is 0 Å². The largest absolute Gasteiger partial charge is 0.496 e. The zero-order valence-electron chi connectivity index (χ0n) is 17.5. The summed E-state index contributed by atoms with van der Waals surface area (Å²) >= 11 is 1.38. The lowest BCUT2D eigenvalue weighted by atomic mass is 10.0. The Hall–Kier alpha value is -3.45. The van der Waals surface area contributed by atoms with Crippen LogP contribution in [-0.4, -0.2) is 27.7 Å². The summed E-state index contributed by atoms with van der Waals surface area (Å²) in [6.07, 6.45) is 0.268. The fourth-order valence-electron chi connectivity index (χ4n) is 3.67. The van der Waals surface area contributed by atoms with Crippen LogP contribution in [0.5, 0.6) is 5.75 Å². The summed E-state index contributed by atoms with van der Waals surface area (Å²) in [7, 11) is 1.58. The van der Waals surface area contributed by atoms with Gasteiger partial charge in [-0.15, -0.1) is 11.3 Å². The molecule has 7 heteroatoms. The van der Waals surface area contributed by atoms with Gasteiger partial charge in [-0.25, -0.2) is 9.78 Å². The zero-order chi connectivity index (χ0) is 22.2. The van der Waals surface area contributed by atoms with Crippen molar-refractivity contribution in [3.63, 3.8) is 0 Å². The Morgan fingerprint density at radius 3 is 2.48 bits per heavy atom. The Bertz CT molecular complexity index is 1320. The van der Waals surface area contributed by atoms with E-state index in [9.17, 15) is 14.7 Å². The van der Waals surface area contributed by atoms with Gasteiger partial charge in [0.05, 0.1) is 12.5 Å². The standard InChI is InChI=1S/C24H22N2O4S/c1-24(2,23(28)29)26-19(13-16-11-7-8-12-18(16)30-3)25-21-20(22(26)27)17(14-31-21)15-9-5-4-6-10-15/h4-12,14H,13H2,1-3H3,(H,28,29). The number of thiophene rings is 1. The van der Waals surface area contributed by atoms with E-state index in [1.807, 2.05) is 60.0 Å². The van der Waals surface area contributed by atoms with Crippen LogP contribution >= 0.6 is 11.3 Å². The number of aromatic nitrogens is 2. The molecule has 2 heterocycles. The number of carboxylic acid groups (broad SMARTS) is 1.